The Morgan fingerprint density at radius 3 is 2.70 bits per heavy atom. The zero-order chi connectivity index (χ0) is 16.7. The first-order valence-electron chi connectivity index (χ1n) is 7.74. The molecule has 5 nitrogen and oxygen atoms in total. The maximum Gasteiger partial charge on any atom is 0.270 e. The predicted molar refractivity (Wildman–Crippen MR) is 93.4 cm³/mol. The molecule has 0 aliphatic carbocycles. The van der Waals surface area contributed by atoms with Crippen molar-refractivity contribution in [1.82, 2.24) is 15.3 Å². The first-order chi connectivity index (χ1) is 11.1. The highest BCUT2D eigenvalue weighted by Gasteiger charge is 2.14. The van der Waals surface area contributed by atoms with Crippen LogP contribution in [0.15, 0.2) is 49.1 Å². The van der Waals surface area contributed by atoms with Crippen LogP contribution < -0.4 is 10.6 Å². The van der Waals surface area contributed by atoms with E-state index in [2.05, 4.69) is 27.2 Å². The Kier molecular flexibility index (Phi) is 5.86. The Bertz CT molecular complexity index is 670. The standard InChI is InChI=1S/C18H22N4O/c1-4-11-19-16-12-15(18(23)20-13(3)5-2)21-17(22-16)14-9-7-6-8-10-14/h4,6-10,12-13H,1,5,11H2,2-3H3,(H,20,23)(H,19,21,22). The van der Waals surface area contributed by atoms with Crippen molar-refractivity contribution in [3.8, 4) is 11.4 Å². The zero-order valence-electron chi connectivity index (χ0n) is 13.5. The summed E-state index contributed by atoms with van der Waals surface area (Å²) < 4.78 is 0. The predicted octanol–water partition coefficient (Wildman–Crippen LogP) is 3.27. The van der Waals surface area contributed by atoms with Crippen LogP contribution in [0.3, 0.4) is 0 Å². The van der Waals surface area contributed by atoms with Gasteiger partial charge in [0.15, 0.2) is 5.82 Å². The molecule has 2 aromatic rings. The summed E-state index contributed by atoms with van der Waals surface area (Å²) in [6.07, 6.45) is 2.60. The number of aromatic nitrogens is 2. The molecular formula is C18H22N4O. The minimum atomic E-state index is -0.194. The molecule has 1 heterocycles. The molecular weight excluding hydrogens is 288 g/mol. The van der Waals surface area contributed by atoms with Crippen LogP contribution in [0, 0.1) is 0 Å². The second kappa shape index (κ2) is 8.08. The van der Waals surface area contributed by atoms with Gasteiger partial charge in [0.2, 0.25) is 0 Å². The molecule has 1 aromatic carbocycles. The average Bonchev–Trinajstić information content (AvgIpc) is 2.60. The molecule has 0 bridgehead atoms. The highest BCUT2D eigenvalue weighted by molar-refractivity contribution is 5.93. The first kappa shape index (κ1) is 16.7. The zero-order valence-corrected chi connectivity index (χ0v) is 13.5. The summed E-state index contributed by atoms with van der Waals surface area (Å²) in [6.45, 7) is 8.24. The Morgan fingerprint density at radius 2 is 2.04 bits per heavy atom. The average molecular weight is 310 g/mol. The van der Waals surface area contributed by atoms with Gasteiger partial charge in [0.05, 0.1) is 0 Å². The highest BCUT2D eigenvalue weighted by atomic mass is 16.1. The number of nitrogens with zero attached hydrogens (tertiary/aromatic N) is 2. The lowest BCUT2D eigenvalue weighted by Crippen LogP contribution is -2.32. The van der Waals surface area contributed by atoms with Gasteiger partial charge in [0, 0.05) is 24.2 Å². The van der Waals surface area contributed by atoms with Crippen molar-refractivity contribution in [2.45, 2.75) is 26.3 Å². The SMILES string of the molecule is C=CCNc1cc(C(=O)NC(C)CC)nc(-c2ccccc2)n1. The van der Waals surface area contributed by atoms with Gasteiger partial charge in [-0.2, -0.15) is 0 Å². The van der Waals surface area contributed by atoms with E-state index < -0.39 is 0 Å². The minimum absolute atomic E-state index is 0.0993. The number of anilines is 1. The monoisotopic (exact) mass is 310 g/mol. The van der Waals surface area contributed by atoms with Crippen LogP contribution in [0.1, 0.15) is 30.8 Å². The summed E-state index contributed by atoms with van der Waals surface area (Å²) in [7, 11) is 0. The van der Waals surface area contributed by atoms with Crippen LogP contribution >= 0.6 is 0 Å². The van der Waals surface area contributed by atoms with Crippen LogP contribution in [0.2, 0.25) is 0 Å². The lowest BCUT2D eigenvalue weighted by atomic mass is 10.2. The Morgan fingerprint density at radius 1 is 1.30 bits per heavy atom. The number of carbonyl (C=O) groups excluding carboxylic acids is 1. The molecule has 1 unspecified atom stereocenters. The van der Waals surface area contributed by atoms with E-state index in [4.69, 9.17) is 0 Å². The fourth-order valence-electron chi connectivity index (χ4n) is 1.95. The molecule has 0 saturated carbocycles. The highest BCUT2D eigenvalue weighted by Crippen LogP contribution is 2.18. The Hall–Kier alpha value is -2.69. The summed E-state index contributed by atoms with van der Waals surface area (Å²) in [6, 6.07) is 11.4. The number of nitrogens with one attached hydrogen (secondary N) is 2. The minimum Gasteiger partial charge on any atom is -0.366 e. The third kappa shape index (κ3) is 4.64. The van der Waals surface area contributed by atoms with Crippen molar-refractivity contribution >= 4 is 11.7 Å². The van der Waals surface area contributed by atoms with E-state index in [1.807, 2.05) is 44.2 Å². The number of rotatable bonds is 7. The van der Waals surface area contributed by atoms with Crippen molar-refractivity contribution in [1.29, 1.82) is 0 Å². The third-order valence-corrected chi connectivity index (χ3v) is 3.41. The van der Waals surface area contributed by atoms with E-state index in [-0.39, 0.29) is 11.9 Å². The van der Waals surface area contributed by atoms with E-state index in [0.29, 0.717) is 23.9 Å². The van der Waals surface area contributed by atoms with E-state index in [1.165, 1.54) is 0 Å². The lowest BCUT2D eigenvalue weighted by molar-refractivity contribution is 0.0934. The van der Waals surface area contributed by atoms with Gasteiger partial charge in [-0.25, -0.2) is 9.97 Å². The molecule has 0 aliphatic heterocycles. The van der Waals surface area contributed by atoms with Gasteiger partial charge in [0.1, 0.15) is 11.5 Å². The van der Waals surface area contributed by atoms with Crippen molar-refractivity contribution in [2.24, 2.45) is 0 Å². The van der Waals surface area contributed by atoms with Crippen molar-refractivity contribution < 1.29 is 4.79 Å². The Labute approximate surface area is 136 Å². The van der Waals surface area contributed by atoms with Crippen LogP contribution in [0.25, 0.3) is 11.4 Å². The number of amides is 1. The van der Waals surface area contributed by atoms with E-state index >= 15 is 0 Å². The van der Waals surface area contributed by atoms with Gasteiger partial charge < -0.3 is 10.6 Å². The molecule has 1 aromatic heterocycles. The van der Waals surface area contributed by atoms with Gasteiger partial charge in [-0.15, -0.1) is 6.58 Å². The Balaban J connectivity index is 2.37. The molecule has 1 amide bonds. The molecule has 0 radical (unpaired) electrons. The third-order valence-electron chi connectivity index (χ3n) is 3.41. The lowest BCUT2D eigenvalue weighted by Gasteiger charge is -2.13. The molecule has 5 heteroatoms. The van der Waals surface area contributed by atoms with E-state index in [9.17, 15) is 4.79 Å². The van der Waals surface area contributed by atoms with E-state index in [0.717, 1.165) is 12.0 Å². The molecule has 120 valence electrons. The van der Waals surface area contributed by atoms with Crippen molar-refractivity contribution in [3.63, 3.8) is 0 Å². The summed E-state index contributed by atoms with van der Waals surface area (Å²) in [4.78, 5) is 21.3. The maximum absolute atomic E-state index is 12.4. The van der Waals surface area contributed by atoms with E-state index in [1.54, 1.807) is 12.1 Å². The van der Waals surface area contributed by atoms with Gasteiger partial charge in [-0.3, -0.25) is 4.79 Å². The van der Waals surface area contributed by atoms with Gasteiger partial charge >= 0.3 is 0 Å². The largest absolute Gasteiger partial charge is 0.366 e. The van der Waals surface area contributed by atoms with Crippen LogP contribution in [-0.4, -0.2) is 28.5 Å². The molecule has 2 rings (SSSR count). The van der Waals surface area contributed by atoms with Gasteiger partial charge in [-0.05, 0) is 13.3 Å². The number of benzene rings is 1. The van der Waals surface area contributed by atoms with Crippen molar-refractivity contribution in [3.05, 3.63) is 54.7 Å². The molecule has 0 fully saturated rings. The number of carbonyl (C=O) groups is 1. The fraction of sp³-hybridized carbons (Fsp3) is 0.278. The molecule has 23 heavy (non-hydrogen) atoms. The second-order valence-electron chi connectivity index (χ2n) is 5.28. The molecule has 1 atom stereocenters. The summed E-state index contributed by atoms with van der Waals surface area (Å²) in [5.74, 6) is 0.933. The number of hydrogen-bond donors (Lipinski definition) is 2. The molecule has 0 spiro atoms. The molecule has 0 aliphatic rings. The van der Waals surface area contributed by atoms with Crippen LogP contribution in [0.5, 0.6) is 0 Å². The molecule has 2 N–H and O–H groups in total. The maximum atomic E-state index is 12.4. The van der Waals surface area contributed by atoms with Gasteiger partial charge in [-0.1, -0.05) is 43.3 Å². The summed E-state index contributed by atoms with van der Waals surface area (Å²) in [5.41, 5.74) is 1.22. The summed E-state index contributed by atoms with van der Waals surface area (Å²) >= 11 is 0. The second-order valence-corrected chi connectivity index (χ2v) is 5.28. The fourth-order valence-corrected chi connectivity index (χ4v) is 1.95. The van der Waals surface area contributed by atoms with Crippen LogP contribution in [-0.2, 0) is 0 Å². The summed E-state index contributed by atoms with van der Waals surface area (Å²) in [5, 5.41) is 6.05. The molecule has 0 saturated heterocycles. The van der Waals surface area contributed by atoms with Crippen LogP contribution in [0.4, 0.5) is 5.82 Å². The normalized spacial score (nSPS) is 11.6. The quantitative estimate of drug-likeness (QED) is 0.770. The van der Waals surface area contributed by atoms with Gasteiger partial charge in [0.25, 0.3) is 5.91 Å². The topological polar surface area (TPSA) is 66.9 Å². The number of hydrogen-bond acceptors (Lipinski definition) is 4. The first-order valence-corrected chi connectivity index (χ1v) is 7.74. The smallest absolute Gasteiger partial charge is 0.270 e. The van der Waals surface area contributed by atoms with Crippen molar-refractivity contribution in [2.75, 3.05) is 11.9 Å².